The van der Waals surface area contributed by atoms with E-state index < -0.39 is 0 Å². The largest absolute Gasteiger partial charge is 0.298 e. The zero-order valence-corrected chi connectivity index (χ0v) is 10.9. The molecule has 2 rings (SSSR count). The van der Waals surface area contributed by atoms with Gasteiger partial charge in [-0.2, -0.15) is 0 Å². The normalized spacial score (nSPS) is 31.3. The Labute approximate surface area is 109 Å². The minimum atomic E-state index is 0.298. The molecule has 0 radical (unpaired) electrons. The quantitative estimate of drug-likeness (QED) is 0.250. The molecule has 0 heterocycles. The molecule has 2 nitrogen and oxygen atoms in total. The Bertz CT molecular complexity index is 357. The summed E-state index contributed by atoms with van der Waals surface area (Å²) in [4.78, 5) is 21.3. The topological polar surface area (TPSA) is 34.1 Å². The van der Waals surface area contributed by atoms with Gasteiger partial charge in [0.1, 0.15) is 0 Å². The van der Waals surface area contributed by atoms with Crippen LogP contribution in [0.15, 0.2) is 23.8 Å². The van der Waals surface area contributed by atoms with E-state index in [1.807, 2.05) is 6.08 Å². The Hall–Kier alpha value is -1.18. The number of hydrogen-bond donors (Lipinski definition) is 0. The van der Waals surface area contributed by atoms with E-state index in [9.17, 15) is 9.59 Å². The third-order valence-electron chi connectivity index (χ3n) is 4.70. The zero-order valence-electron chi connectivity index (χ0n) is 10.9. The van der Waals surface area contributed by atoms with Crippen LogP contribution in [0.25, 0.3) is 0 Å². The predicted molar refractivity (Wildman–Crippen MR) is 72.1 cm³/mol. The Morgan fingerprint density at radius 3 is 2.67 bits per heavy atom. The van der Waals surface area contributed by atoms with E-state index in [0.717, 1.165) is 12.3 Å². The Balaban J connectivity index is 2.03. The van der Waals surface area contributed by atoms with Crippen LogP contribution < -0.4 is 0 Å². The van der Waals surface area contributed by atoms with Gasteiger partial charge in [-0.25, -0.2) is 0 Å². The van der Waals surface area contributed by atoms with Gasteiger partial charge in [-0.05, 0) is 56.3 Å². The van der Waals surface area contributed by atoms with E-state index in [2.05, 4.69) is 6.58 Å². The highest BCUT2D eigenvalue weighted by atomic mass is 16.1. The molecule has 0 aromatic heterocycles. The summed E-state index contributed by atoms with van der Waals surface area (Å²) in [5, 5.41) is 0. The van der Waals surface area contributed by atoms with Gasteiger partial charge in [0.05, 0.1) is 5.57 Å². The molecule has 0 spiro atoms. The van der Waals surface area contributed by atoms with Gasteiger partial charge in [0, 0.05) is 0 Å². The van der Waals surface area contributed by atoms with Crippen molar-refractivity contribution in [3.05, 3.63) is 23.8 Å². The molecule has 2 saturated carbocycles. The molecule has 0 aliphatic heterocycles. The van der Waals surface area contributed by atoms with Crippen LogP contribution in [0.5, 0.6) is 0 Å². The van der Waals surface area contributed by atoms with Crippen LogP contribution >= 0.6 is 0 Å². The fourth-order valence-corrected chi connectivity index (χ4v) is 3.75. The number of carbonyl (C=O) groups is 2. The number of aldehydes is 2. The lowest BCUT2D eigenvalue weighted by Crippen LogP contribution is -2.32. The summed E-state index contributed by atoms with van der Waals surface area (Å²) in [7, 11) is 0. The second-order valence-corrected chi connectivity index (χ2v) is 5.69. The average molecular weight is 246 g/mol. The van der Waals surface area contributed by atoms with E-state index in [-0.39, 0.29) is 0 Å². The minimum absolute atomic E-state index is 0.298. The Kier molecular flexibility index (Phi) is 4.51. The molecule has 0 amide bonds. The lowest BCUT2D eigenvalue weighted by molar-refractivity contribution is -0.109. The summed E-state index contributed by atoms with van der Waals surface area (Å²) >= 11 is 0. The Morgan fingerprint density at radius 1 is 1.17 bits per heavy atom. The molecule has 0 aromatic rings. The van der Waals surface area contributed by atoms with E-state index >= 15 is 0 Å². The molecule has 0 saturated heterocycles. The molecular weight excluding hydrogens is 224 g/mol. The molecule has 0 aromatic carbocycles. The summed E-state index contributed by atoms with van der Waals surface area (Å²) in [6.45, 7) is 4.23. The first-order chi connectivity index (χ1) is 8.76. The van der Waals surface area contributed by atoms with E-state index in [1.165, 1.54) is 44.1 Å². The van der Waals surface area contributed by atoms with Crippen molar-refractivity contribution < 1.29 is 9.59 Å². The van der Waals surface area contributed by atoms with Gasteiger partial charge in [0.2, 0.25) is 0 Å². The third-order valence-corrected chi connectivity index (χ3v) is 4.70. The standard InChI is InChI=1S/C16H22O2/c1-12-4-2-7-16-14(5-3-6-15(12)16)9-8-13(10-17)11-18/h8,10-11,14-16H,1-7,9H2. The second kappa shape index (κ2) is 6.12. The van der Waals surface area contributed by atoms with Crippen molar-refractivity contribution in [1.82, 2.24) is 0 Å². The highest BCUT2D eigenvalue weighted by Gasteiger charge is 2.35. The number of rotatable bonds is 4. The van der Waals surface area contributed by atoms with Gasteiger partial charge in [-0.1, -0.05) is 24.6 Å². The average Bonchev–Trinajstić information content (AvgIpc) is 2.41. The molecule has 2 heteroatoms. The lowest BCUT2D eigenvalue weighted by atomic mass is 9.63. The van der Waals surface area contributed by atoms with Crippen LogP contribution in [0, 0.1) is 17.8 Å². The molecule has 0 N–H and O–H groups in total. The molecule has 3 unspecified atom stereocenters. The van der Waals surface area contributed by atoms with Crippen molar-refractivity contribution in [2.75, 3.05) is 0 Å². The molecule has 0 bridgehead atoms. The van der Waals surface area contributed by atoms with Gasteiger partial charge in [0.15, 0.2) is 12.6 Å². The van der Waals surface area contributed by atoms with Crippen molar-refractivity contribution in [3.63, 3.8) is 0 Å². The maximum absolute atomic E-state index is 10.6. The highest BCUT2D eigenvalue weighted by Crippen LogP contribution is 2.47. The van der Waals surface area contributed by atoms with Crippen molar-refractivity contribution >= 4 is 12.6 Å². The first kappa shape index (κ1) is 13.3. The number of allylic oxidation sites excluding steroid dienone is 3. The molecule has 18 heavy (non-hydrogen) atoms. The summed E-state index contributed by atoms with van der Waals surface area (Å²) in [6, 6.07) is 0. The maximum Gasteiger partial charge on any atom is 0.153 e. The molecule has 2 fully saturated rings. The predicted octanol–water partition coefficient (Wildman–Crippen LogP) is 3.47. The lowest BCUT2D eigenvalue weighted by Gasteiger charge is -2.42. The minimum Gasteiger partial charge on any atom is -0.298 e. The highest BCUT2D eigenvalue weighted by molar-refractivity contribution is 5.99. The summed E-state index contributed by atoms with van der Waals surface area (Å²) < 4.78 is 0. The van der Waals surface area contributed by atoms with Gasteiger partial charge in [0.25, 0.3) is 0 Å². The van der Waals surface area contributed by atoms with Crippen molar-refractivity contribution in [3.8, 4) is 0 Å². The first-order valence-corrected chi connectivity index (χ1v) is 7.04. The molecular formula is C16H22O2. The summed E-state index contributed by atoms with van der Waals surface area (Å²) in [6.07, 6.45) is 11.5. The fraction of sp³-hybridized carbons (Fsp3) is 0.625. The molecule has 2 aliphatic carbocycles. The maximum atomic E-state index is 10.6. The number of fused-ring (bicyclic) bond motifs is 1. The second-order valence-electron chi connectivity index (χ2n) is 5.69. The smallest absolute Gasteiger partial charge is 0.153 e. The fourth-order valence-electron chi connectivity index (χ4n) is 3.75. The van der Waals surface area contributed by atoms with Crippen LogP contribution in [0.4, 0.5) is 0 Å². The van der Waals surface area contributed by atoms with Gasteiger partial charge in [-0.3, -0.25) is 9.59 Å². The van der Waals surface area contributed by atoms with E-state index in [1.54, 1.807) is 0 Å². The van der Waals surface area contributed by atoms with Crippen LogP contribution in [0.1, 0.15) is 44.9 Å². The van der Waals surface area contributed by atoms with Crippen molar-refractivity contribution in [2.45, 2.75) is 44.9 Å². The van der Waals surface area contributed by atoms with Gasteiger partial charge in [-0.15, -0.1) is 0 Å². The molecule has 3 atom stereocenters. The van der Waals surface area contributed by atoms with Crippen molar-refractivity contribution in [2.24, 2.45) is 17.8 Å². The zero-order chi connectivity index (χ0) is 13.0. The monoisotopic (exact) mass is 246 g/mol. The van der Waals surface area contributed by atoms with Crippen LogP contribution in [0.3, 0.4) is 0 Å². The third kappa shape index (κ3) is 2.80. The van der Waals surface area contributed by atoms with Crippen LogP contribution in [0.2, 0.25) is 0 Å². The number of hydrogen-bond acceptors (Lipinski definition) is 2. The van der Waals surface area contributed by atoms with Gasteiger partial charge >= 0.3 is 0 Å². The molecule has 98 valence electrons. The Morgan fingerprint density at radius 2 is 1.94 bits per heavy atom. The summed E-state index contributed by atoms with van der Waals surface area (Å²) in [5.41, 5.74) is 1.73. The van der Waals surface area contributed by atoms with Crippen LogP contribution in [-0.4, -0.2) is 12.6 Å². The molecule has 2 aliphatic rings. The van der Waals surface area contributed by atoms with E-state index in [4.69, 9.17) is 0 Å². The van der Waals surface area contributed by atoms with Crippen LogP contribution in [-0.2, 0) is 9.59 Å². The SMILES string of the molecule is C=C1CCCC2C(CC=C(C=O)C=O)CCCC12. The van der Waals surface area contributed by atoms with Gasteiger partial charge < -0.3 is 0 Å². The number of carbonyl (C=O) groups excluding carboxylic acids is 2. The van der Waals surface area contributed by atoms with E-state index in [0.29, 0.717) is 30.0 Å². The van der Waals surface area contributed by atoms with Crippen molar-refractivity contribution in [1.29, 1.82) is 0 Å². The first-order valence-electron chi connectivity index (χ1n) is 7.04. The summed E-state index contributed by atoms with van der Waals surface area (Å²) in [5.74, 6) is 2.06.